The van der Waals surface area contributed by atoms with Crippen LogP contribution < -0.4 is 14.6 Å². The zero-order chi connectivity index (χ0) is 20.6. The van der Waals surface area contributed by atoms with Crippen molar-refractivity contribution < 1.29 is 26.7 Å². The zero-order valence-corrected chi connectivity index (χ0v) is 15.8. The van der Waals surface area contributed by atoms with Crippen LogP contribution in [0.4, 0.5) is 8.78 Å². The van der Waals surface area contributed by atoms with Crippen LogP contribution in [0, 0.1) is 0 Å². The normalized spacial score (nSPS) is 15.4. The molecule has 0 fully saturated rings. The van der Waals surface area contributed by atoms with Gasteiger partial charge in [-0.2, -0.15) is 8.78 Å². The molecule has 6 nitrogen and oxygen atoms in total. The maximum absolute atomic E-state index is 12.9. The molecule has 150 valence electrons. The molecular formula is C20H16F2N2O4S. The van der Waals surface area contributed by atoms with Crippen molar-refractivity contribution in [2.75, 3.05) is 0 Å². The second-order valence-corrected chi connectivity index (χ2v) is 8.10. The number of ether oxygens (including phenoxy) is 2. The lowest BCUT2D eigenvalue weighted by atomic mass is 9.89. The molecule has 0 bridgehead atoms. The first kappa shape index (κ1) is 19.3. The molecule has 1 aromatic heterocycles. The number of sulfonamides is 1. The number of nitrogens with zero attached hydrogens (tertiary/aromatic N) is 1. The molecular weight excluding hydrogens is 402 g/mol. The third kappa shape index (κ3) is 4.06. The van der Waals surface area contributed by atoms with Gasteiger partial charge in [0.2, 0.25) is 10.0 Å². The average molecular weight is 418 g/mol. The lowest BCUT2D eigenvalue weighted by molar-refractivity contribution is -0.0496. The second kappa shape index (κ2) is 7.41. The topological polar surface area (TPSA) is 91.5 Å². The third-order valence-electron chi connectivity index (χ3n) is 4.44. The molecule has 1 aliphatic rings. The van der Waals surface area contributed by atoms with E-state index in [-0.39, 0.29) is 11.5 Å². The molecule has 1 aliphatic heterocycles. The quantitative estimate of drug-likeness (QED) is 0.683. The van der Waals surface area contributed by atoms with E-state index in [1.807, 2.05) is 0 Å². The smallest absolute Gasteiger partial charge is 0.387 e. The Morgan fingerprint density at radius 2 is 1.97 bits per heavy atom. The van der Waals surface area contributed by atoms with Crippen LogP contribution in [-0.2, 0) is 15.8 Å². The molecule has 0 aliphatic carbocycles. The molecule has 0 spiro atoms. The fraction of sp³-hybridized carbons (Fsp3) is 0.150. The third-order valence-corrected chi connectivity index (χ3v) is 5.18. The van der Waals surface area contributed by atoms with Crippen molar-refractivity contribution in [3.8, 4) is 22.6 Å². The van der Waals surface area contributed by atoms with Crippen molar-refractivity contribution in [2.24, 2.45) is 5.14 Å². The van der Waals surface area contributed by atoms with Gasteiger partial charge in [0.05, 0.1) is 17.0 Å². The number of nitrogens with two attached hydrogens (primary N) is 1. The number of pyridine rings is 1. The molecule has 3 aromatic rings. The molecule has 0 saturated carbocycles. The Balaban J connectivity index is 1.91. The van der Waals surface area contributed by atoms with E-state index >= 15 is 0 Å². The molecule has 2 heterocycles. The number of rotatable bonds is 5. The maximum Gasteiger partial charge on any atom is 0.387 e. The summed E-state index contributed by atoms with van der Waals surface area (Å²) >= 11 is 0. The van der Waals surface area contributed by atoms with Crippen LogP contribution in [0.3, 0.4) is 0 Å². The standard InChI is InChI=1S/C20H16F2N2O4S/c21-20(22)28-17-6-3-5-16-18(17)13-8-7-12(11-29(23,25)26)10-14(13)19(27-16)15-4-1-2-9-24-15/h1-10,19-20H,11H2,(H2,23,25,26). The summed E-state index contributed by atoms with van der Waals surface area (Å²) in [7, 11) is -3.75. The summed E-state index contributed by atoms with van der Waals surface area (Å²) in [5, 5.41) is 5.17. The van der Waals surface area contributed by atoms with Gasteiger partial charge in [-0.05, 0) is 41.5 Å². The van der Waals surface area contributed by atoms with Crippen LogP contribution >= 0.6 is 0 Å². The SMILES string of the molecule is NS(=O)(=O)Cc1ccc2c(c1)C(c1ccccn1)Oc1cccc(OC(F)F)c1-2. The minimum Gasteiger partial charge on any atom is -0.479 e. The number of fused-ring (bicyclic) bond motifs is 3. The van der Waals surface area contributed by atoms with Crippen molar-refractivity contribution in [3.63, 3.8) is 0 Å². The van der Waals surface area contributed by atoms with Crippen molar-refractivity contribution in [2.45, 2.75) is 18.5 Å². The van der Waals surface area contributed by atoms with Crippen LogP contribution in [0.1, 0.15) is 22.9 Å². The Bertz CT molecular complexity index is 1150. The number of hydrogen-bond donors (Lipinski definition) is 1. The number of primary sulfonamides is 1. The second-order valence-electron chi connectivity index (χ2n) is 6.49. The van der Waals surface area contributed by atoms with E-state index in [1.54, 1.807) is 54.7 Å². The first-order chi connectivity index (χ1) is 13.8. The minimum atomic E-state index is -3.75. The van der Waals surface area contributed by atoms with Crippen molar-refractivity contribution >= 4 is 10.0 Å². The average Bonchev–Trinajstić information content (AvgIpc) is 2.66. The number of alkyl halides is 2. The molecule has 0 saturated heterocycles. The van der Waals surface area contributed by atoms with E-state index < -0.39 is 22.7 Å². The summed E-state index contributed by atoms with van der Waals surface area (Å²) in [5.74, 6) is -0.0278. The van der Waals surface area contributed by atoms with Crippen molar-refractivity contribution in [1.29, 1.82) is 0 Å². The molecule has 2 aromatic carbocycles. The Hall–Kier alpha value is -3.04. The Morgan fingerprint density at radius 1 is 1.14 bits per heavy atom. The van der Waals surface area contributed by atoms with Gasteiger partial charge in [-0.3, -0.25) is 4.98 Å². The van der Waals surface area contributed by atoms with Crippen molar-refractivity contribution in [1.82, 2.24) is 4.98 Å². The first-order valence-electron chi connectivity index (χ1n) is 8.61. The van der Waals surface area contributed by atoms with Gasteiger partial charge in [0, 0.05) is 11.8 Å². The van der Waals surface area contributed by atoms with E-state index in [1.165, 1.54) is 6.07 Å². The number of hydrogen-bond acceptors (Lipinski definition) is 5. The largest absolute Gasteiger partial charge is 0.479 e. The molecule has 0 radical (unpaired) electrons. The first-order valence-corrected chi connectivity index (χ1v) is 10.3. The highest BCUT2D eigenvalue weighted by atomic mass is 32.2. The van der Waals surface area contributed by atoms with E-state index in [4.69, 9.17) is 9.88 Å². The molecule has 4 rings (SSSR count). The van der Waals surface area contributed by atoms with Gasteiger partial charge in [-0.15, -0.1) is 0 Å². The number of halogens is 2. The maximum atomic E-state index is 12.9. The summed E-state index contributed by atoms with van der Waals surface area (Å²) in [6.07, 6.45) is 0.958. The van der Waals surface area contributed by atoms with Crippen LogP contribution in [0.2, 0.25) is 0 Å². The van der Waals surface area contributed by atoms with Gasteiger partial charge in [0.1, 0.15) is 11.5 Å². The highest BCUT2D eigenvalue weighted by Gasteiger charge is 2.31. The zero-order valence-electron chi connectivity index (χ0n) is 15.0. The molecule has 2 N–H and O–H groups in total. The van der Waals surface area contributed by atoms with E-state index in [2.05, 4.69) is 9.72 Å². The number of benzene rings is 2. The Kier molecular flexibility index (Phi) is 4.93. The Labute approximate surface area is 166 Å². The Morgan fingerprint density at radius 3 is 2.66 bits per heavy atom. The minimum absolute atomic E-state index is 0.0302. The monoisotopic (exact) mass is 418 g/mol. The predicted molar refractivity (Wildman–Crippen MR) is 102 cm³/mol. The van der Waals surface area contributed by atoms with Gasteiger partial charge in [0.15, 0.2) is 6.10 Å². The van der Waals surface area contributed by atoms with Gasteiger partial charge >= 0.3 is 6.61 Å². The lowest BCUT2D eigenvalue weighted by Gasteiger charge is -2.30. The van der Waals surface area contributed by atoms with Gasteiger partial charge in [-0.25, -0.2) is 13.6 Å². The van der Waals surface area contributed by atoms with Crippen LogP contribution in [0.5, 0.6) is 11.5 Å². The molecule has 0 amide bonds. The number of aromatic nitrogens is 1. The van der Waals surface area contributed by atoms with E-state index in [0.717, 1.165) is 0 Å². The van der Waals surface area contributed by atoms with E-state index in [0.29, 0.717) is 33.7 Å². The summed E-state index contributed by atoms with van der Waals surface area (Å²) < 4.78 is 59.6. The molecule has 29 heavy (non-hydrogen) atoms. The van der Waals surface area contributed by atoms with Crippen LogP contribution in [0.25, 0.3) is 11.1 Å². The van der Waals surface area contributed by atoms with Gasteiger partial charge in [-0.1, -0.05) is 24.3 Å². The molecule has 1 unspecified atom stereocenters. The summed E-state index contributed by atoms with van der Waals surface area (Å²) in [6, 6.07) is 14.9. The lowest BCUT2D eigenvalue weighted by Crippen LogP contribution is -2.19. The van der Waals surface area contributed by atoms with E-state index in [9.17, 15) is 17.2 Å². The molecule has 1 atom stereocenters. The summed E-state index contributed by atoms with van der Waals surface area (Å²) in [5.41, 5.74) is 2.59. The van der Waals surface area contributed by atoms with Crippen LogP contribution in [0.15, 0.2) is 60.8 Å². The highest BCUT2D eigenvalue weighted by Crippen LogP contribution is 2.49. The summed E-state index contributed by atoms with van der Waals surface area (Å²) in [4.78, 5) is 4.33. The summed E-state index contributed by atoms with van der Waals surface area (Å²) in [6.45, 7) is -3.00. The van der Waals surface area contributed by atoms with Gasteiger partial charge in [0.25, 0.3) is 0 Å². The molecule has 9 heteroatoms. The van der Waals surface area contributed by atoms with Gasteiger partial charge < -0.3 is 9.47 Å². The highest BCUT2D eigenvalue weighted by molar-refractivity contribution is 7.88. The fourth-order valence-electron chi connectivity index (χ4n) is 3.39. The van der Waals surface area contributed by atoms with Crippen LogP contribution in [-0.4, -0.2) is 20.0 Å². The van der Waals surface area contributed by atoms with Crippen molar-refractivity contribution in [3.05, 3.63) is 77.6 Å². The predicted octanol–water partition coefficient (Wildman–Crippen LogP) is 3.62. The fourth-order valence-corrected chi connectivity index (χ4v) is 4.03.